The van der Waals surface area contributed by atoms with E-state index in [0.29, 0.717) is 27.9 Å². The highest BCUT2D eigenvalue weighted by Crippen LogP contribution is 2.35. The molecule has 0 radical (unpaired) electrons. The summed E-state index contributed by atoms with van der Waals surface area (Å²) in [6, 6.07) is 11.6. The summed E-state index contributed by atoms with van der Waals surface area (Å²) < 4.78 is 53.6. The molecule has 0 unspecified atom stereocenters. The van der Waals surface area contributed by atoms with Crippen molar-refractivity contribution in [3.8, 4) is 11.3 Å². The highest BCUT2D eigenvalue weighted by molar-refractivity contribution is 7.46. The van der Waals surface area contributed by atoms with E-state index in [1.54, 1.807) is 24.3 Å². The minimum absolute atomic E-state index is 0.0189. The van der Waals surface area contributed by atoms with Crippen LogP contribution in [0.5, 0.6) is 0 Å². The predicted octanol–water partition coefficient (Wildman–Crippen LogP) is 3.69. The van der Waals surface area contributed by atoms with E-state index in [4.69, 9.17) is 19.3 Å². The Morgan fingerprint density at radius 2 is 1.86 bits per heavy atom. The van der Waals surface area contributed by atoms with E-state index < -0.39 is 32.2 Å². The molecule has 0 saturated carbocycles. The van der Waals surface area contributed by atoms with E-state index in [2.05, 4.69) is 14.8 Å². The topological polar surface area (TPSA) is 127 Å². The normalized spacial score (nSPS) is 11.5. The Hall–Kier alpha value is -3.05. The van der Waals surface area contributed by atoms with Gasteiger partial charge in [-0.1, -0.05) is 18.2 Å². The van der Waals surface area contributed by atoms with Crippen LogP contribution < -0.4 is 5.32 Å². The predicted molar refractivity (Wildman–Crippen MR) is 121 cm³/mol. The maximum absolute atomic E-state index is 14.5. The van der Waals surface area contributed by atoms with Crippen molar-refractivity contribution < 1.29 is 41.9 Å². The summed E-state index contributed by atoms with van der Waals surface area (Å²) in [6.07, 6.45) is 1.50. The summed E-state index contributed by atoms with van der Waals surface area (Å²) in [4.78, 5) is 34.4. The number of phosphoric ester groups is 1. The molecule has 0 aliphatic carbocycles. The van der Waals surface area contributed by atoms with Crippen molar-refractivity contribution in [3.63, 3.8) is 0 Å². The molecule has 0 bridgehead atoms. The van der Waals surface area contributed by atoms with Crippen LogP contribution in [0.4, 0.5) is 8.78 Å². The second kappa shape index (κ2) is 12.1. The summed E-state index contributed by atoms with van der Waals surface area (Å²) in [7, 11) is -3.21. The minimum Gasteiger partial charge on any atom is -0.380 e. The molecule has 3 rings (SSSR count). The number of hydrogen-bond acceptors (Lipinski definition) is 6. The average molecular weight is 508 g/mol. The third kappa shape index (κ3) is 7.72. The van der Waals surface area contributed by atoms with E-state index in [9.17, 15) is 18.1 Å². The number of pyridine rings is 1. The first-order valence-corrected chi connectivity index (χ1v) is 11.8. The quantitative estimate of drug-likeness (QED) is 0.203. The Morgan fingerprint density at radius 1 is 1.06 bits per heavy atom. The summed E-state index contributed by atoms with van der Waals surface area (Å²) in [5.74, 6) is -1.92. The van der Waals surface area contributed by atoms with Crippen molar-refractivity contribution in [1.29, 1.82) is 0 Å². The molecule has 186 valence electrons. The average Bonchev–Trinajstić information content (AvgIpc) is 2.82. The molecule has 2 aromatic carbocycles. The molecular formula is C23H23F2N2O7P. The third-order valence-corrected chi connectivity index (χ3v) is 5.25. The number of nitrogens with one attached hydrogen (secondary N) is 1. The van der Waals surface area contributed by atoms with Gasteiger partial charge in [0.2, 0.25) is 0 Å². The van der Waals surface area contributed by atoms with E-state index in [-0.39, 0.29) is 25.3 Å². The van der Waals surface area contributed by atoms with Gasteiger partial charge in [0.1, 0.15) is 11.6 Å². The fraction of sp³-hybridized carbons (Fsp3) is 0.217. The van der Waals surface area contributed by atoms with E-state index >= 15 is 0 Å². The number of methoxy groups -OCH3 is 1. The standard InChI is InChI=1S/C23H23F2N2O7P/c1-32-12-17-5-4-15(9-21(17)25)11-27-23(28)19-10-16(6-7-20(19)24)22-18(3-2-8-26-22)13-33-14-34-35(29,30)31/h2-10H,11-14H2,1H3,(H,27,28)(H2,29,30,31). The van der Waals surface area contributed by atoms with Gasteiger partial charge in [-0.05, 0) is 35.9 Å². The Kier molecular flexibility index (Phi) is 9.16. The lowest BCUT2D eigenvalue weighted by molar-refractivity contribution is -0.0107. The number of carbonyl (C=O) groups is 1. The number of carbonyl (C=O) groups excluding carboxylic acids is 1. The second-order valence-electron chi connectivity index (χ2n) is 7.33. The molecule has 0 spiro atoms. The molecule has 0 aliphatic heterocycles. The molecule has 3 N–H and O–H groups in total. The van der Waals surface area contributed by atoms with Crippen LogP contribution in [0.1, 0.15) is 27.0 Å². The van der Waals surface area contributed by atoms with Gasteiger partial charge in [-0.15, -0.1) is 0 Å². The Bertz CT molecular complexity index is 1240. The van der Waals surface area contributed by atoms with Crippen molar-refractivity contribution in [3.05, 3.63) is 88.6 Å². The molecule has 1 heterocycles. The van der Waals surface area contributed by atoms with Gasteiger partial charge in [0.25, 0.3) is 5.91 Å². The van der Waals surface area contributed by atoms with Gasteiger partial charge in [-0.2, -0.15) is 0 Å². The first-order chi connectivity index (χ1) is 16.7. The number of nitrogens with zero attached hydrogens (tertiary/aromatic N) is 1. The molecular weight excluding hydrogens is 485 g/mol. The Labute approximate surface area is 199 Å². The largest absolute Gasteiger partial charge is 0.471 e. The number of rotatable bonds is 11. The zero-order chi connectivity index (χ0) is 25.4. The highest BCUT2D eigenvalue weighted by atomic mass is 31.2. The lowest BCUT2D eigenvalue weighted by Gasteiger charge is -2.12. The Balaban J connectivity index is 1.72. The lowest BCUT2D eigenvalue weighted by Crippen LogP contribution is -2.24. The van der Waals surface area contributed by atoms with Crippen LogP contribution >= 0.6 is 7.82 Å². The maximum Gasteiger partial charge on any atom is 0.471 e. The first-order valence-electron chi connectivity index (χ1n) is 10.2. The first kappa shape index (κ1) is 26.6. The van der Waals surface area contributed by atoms with E-state index in [1.807, 2.05) is 0 Å². The molecule has 9 nitrogen and oxygen atoms in total. The highest BCUT2D eigenvalue weighted by Gasteiger charge is 2.17. The Morgan fingerprint density at radius 3 is 2.57 bits per heavy atom. The number of aromatic nitrogens is 1. The van der Waals surface area contributed by atoms with Crippen LogP contribution in [0.25, 0.3) is 11.3 Å². The van der Waals surface area contributed by atoms with Crippen molar-refractivity contribution in [2.24, 2.45) is 0 Å². The van der Waals surface area contributed by atoms with Gasteiger partial charge in [-0.25, -0.2) is 13.3 Å². The van der Waals surface area contributed by atoms with Crippen LogP contribution in [0.2, 0.25) is 0 Å². The van der Waals surface area contributed by atoms with Gasteiger partial charge in [0.15, 0.2) is 6.79 Å². The number of ether oxygens (including phenoxy) is 2. The van der Waals surface area contributed by atoms with Gasteiger partial charge in [0.05, 0.1) is 24.5 Å². The van der Waals surface area contributed by atoms with Crippen molar-refractivity contribution in [1.82, 2.24) is 10.3 Å². The molecule has 0 fully saturated rings. The minimum atomic E-state index is -4.67. The van der Waals surface area contributed by atoms with Gasteiger partial charge in [-0.3, -0.25) is 14.3 Å². The molecule has 12 heteroatoms. The molecule has 35 heavy (non-hydrogen) atoms. The monoisotopic (exact) mass is 508 g/mol. The molecule has 1 aromatic heterocycles. The van der Waals surface area contributed by atoms with Crippen LogP contribution in [0, 0.1) is 11.6 Å². The van der Waals surface area contributed by atoms with Gasteiger partial charge >= 0.3 is 7.82 Å². The van der Waals surface area contributed by atoms with Crippen molar-refractivity contribution in [2.75, 3.05) is 13.9 Å². The number of phosphoric acid groups is 1. The van der Waals surface area contributed by atoms with Crippen LogP contribution in [0.15, 0.2) is 54.7 Å². The van der Waals surface area contributed by atoms with Gasteiger partial charge in [0, 0.05) is 36.5 Å². The fourth-order valence-corrected chi connectivity index (χ4v) is 3.38. The fourth-order valence-electron chi connectivity index (χ4n) is 3.17. The molecule has 0 aliphatic rings. The SMILES string of the molecule is COCc1ccc(CNC(=O)c2cc(-c3ncccc3COCOP(=O)(O)O)ccc2F)cc1F. The molecule has 1 amide bonds. The van der Waals surface area contributed by atoms with E-state index in [1.165, 1.54) is 31.5 Å². The molecule has 0 atom stereocenters. The zero-order valence-corrected chi connectivity index (χ0v) is 19.5. The van der Waals surface area contributed by atoms with Gasteiger partial charge < -0.3 is 24.6 Å². The molecule has 0 saturated heterocycles. The summed E-state index contributed by atoms with van der Waals surface area (Å²) in [6.45, 7) is -0.655. The number of amides is 1. The molecule has 3 aromatic rings. The lowest BCUT2D eigenvalue weighted by atomic mass is 10.0. The number of hydrogen-bond donors (Lipinski definition) is 3. The van der Waals surface area contributed by atoms with Crippen molar-refractivity contribution in [2.45, 2.75) is 19.8 Å². The summed E-state index contributed by atoms with van der Waals surface area (Å²) >= 11 is 0. The van der Waals surface area contributed by atoms with Crippen LogP contribution in [-0.4, -0.2) is 34.6 Å². The van der Waals surface area contributed by atoms with E-state index in [0.717, 1.165) is 6.07 Å². The number of halogens is 2. The zero-order valence-electron chi connectivity index (χ0n) is 18.6. The smallest absolute Gasteiger partial charge is 0.380 e. The van der Waals surface area contributed by atoms with Crippen LogP contribution in [-0.2, 0) is 38.3 Å². The summed E-state index contributed by atoms with van der Waals surface area (Å²) in [5, 5.41) is 2.57. The maximum atomic E-state index is 14.5. The van der Waals surface area contributed by atoms with Crippen LogP contribution in [0.3, 0.4) is 0 Å². The number of benzene rings is 2. The summed E-state index contributed by atoms with van der Waals surface area (Å²) in [5.41, 5.74) is 1.96. The second-order valence-corrected chi connectivity index (χ2v) is 8.57. The third-order valence-electron chi connectivity index (χ3n) is 4.81. The van der Waals surface area contributed by atoms with Crippen molar-refractivity contribution >= 4 is 13.7 Å².